The molecule has 4 nitrogen and oxygen atoms in total. The van der Waals surface area contributed by atoms with Crippen molar-refractivity contribution in [3.63, 3.8) is 0 Å². The number of carbonyl (C=O) groups is 1. The molecule has 1 atom stereocenters. The molecule has 21 heavy (non-hydrogen) atoms. The maximum atomic E-state index is 12.3. The van der Waals surface area contributed by atoms with E-state index in [9.17, 15) is 4.79 Å². The summed E-state index contributed by atoms with van der Waals surface area (Å²) in [6, 6.07) is 12.9. The molecule has 3 N–H and O–H groups in total. The number of methoxy groups -OCH3 is 1. The zero-order chi connectivity index (χ0) is 15.4. The van der Waals surface area contributed by atoms with Crippen LogP contribution in [0.1, 0.15) is 24.0 Å². The smallest absolute Gasteiger partial charge is 0.231 e. The molecule has 2 aromatic carbocycles. The lowest BCUT2D eigenvalue weighted by Gasteiger charge is -2.14. The molecule has 0 aliphatic heterocycles. The van der Waals surface area contributed by atoms with Crippen LogP contribution in [0, 0.1) is 6.92 Å². The van der Waals surface area contributed by atoms with E-state index < -0.39 is 0 Å². The summed E-state index contributed by atoms with van der Waals surface area (Å²) in [7, 11) is 1.63. The Hall–Kier alpha value is -2.49. The maximum Gasteiger partial charge on any atom is 0.231 e. The largest absolute Gasteiger partial charge is 0.496 e. The van der Waals surface area contributed by atoms with Crippen LogP contribution in [0.4, 0.5) is 11.4 Å². The van der Waals surface area contributed by atoms with Gasteiger partial charge >= 0.3 is 0 Å². The van der Waals surface area contributed by atoms with Crippen molar-refractivity contribution in [3.05, 3.63) is 53.6 Å². The van der Waals surface area contributed by atoms with E-state index >= 15 is 0 Å². The first kappa shape index (κ1) is 14.9. The van der Waals surface area contributed by atoms with Crippen LogP contribution in [0.2, 0.25) is 0 Å². The fourth-order valence-corrected chi connectivity index (χ4v) is 2.19. The van der Waals surface area contributed by atoms with Gasteiger partial charge in [-0.1, -0.05) is 12.1 Å². The lowest BCUT2D eigenvalue weighted by atomic mass is 9.99. The molecule has 0 heterocycles. The van der Waals surface area contributed by atoms with Gasteiger partial charge in [0.2, 0.25) is 5.91 Å². The van der Waals surface area contributed by atoms with Crippen molar-refractivity contribution in [1.82, 2.24) is 0 Å². The normalized spacial score (nSPS) is 11.8. The van der Waals surface area contributed by atoms with Crippen LogP contribution in [0.25, 0.3) is 0 Å². The third kappa shape index (κ3) is 3.54. The van der Waals surface area contributed by atoms with Gasteiger partial charge in [0.15, 0.2) is 0 Å². The molecule has 1 unspecified atom stereocenters. The second-order valence-electron chi connectivity index (χ2n) is 5.07. The average Bonchev–Trinajstić information content (AvgIpc) is 2.46. The summed E-state index contributed by atoms with van der Waals surface area (Å²) >= 11 is 0. The van der Waals surface area contributed by atoms with Crippen molar-refractivity contribution < 1.29 is 9.53 Å². The van der Waals surface area contributed by atoms with E-state index in [1.807, 2.05) is 50.2 Å². The van der Waals surface area contributed by atoms with E-state index in [-0.39, 0.29) is 11.8 Å². The molecule has 0 aliphatic carbocycles. The Morgan fingerprint density at radius 3 is 2.62 bits per heavy atom. The Labute approximate surface area is 124 Å². The third-order valence-corrected chi connectivity index (χ3v) is 3.47. The average molecular weight is 284 g/mol. The van der Waals surface area contributed by atoms with E-state index in [0.29, 0.717) is 5.69 Å². The third-order valence-electron chi connectivity index (χ3n) is 3.47. The molecule has 0 bridgehead atoms. The molecule has 0 fully saturated rings. The fraction of sp³-hybridized carbons (Fsp3) is 0.235. The van der Waals surface area contributed by atoms with E-state index in [4.69, 9.17) is 10.5 Å². The number of carbonyl (C=O) groups excluding carboxylic acids is 1. The van der Waals surface area contributed by atoms with Gasteiger partial charge in [0.25, 0.3) is 0 Å². The molecule has 1 amide bonds. The van der Waals surface area contributed by atoms with E-state index in [0.717, 1.165) is 22.6 Å². The predicted molar refractivity (Wildman–Crippen MR) is 85.6 cm³/mol. The zero-order valence-electron chi connectivity index (χ0n) is 12.5. The van der Waals surface area contributed by atoms with Gasteiger partial charge in [0.05, 0.1) is 13.0 Å². The number of nitrogens with two attached hydrogens (primary N) is 1. The van der Waals surface area contributed by atoms with Crippen LogP contribution >= 0.6 is 0 Å². The quantitative estimate of drug-likeness (QED) is 0.846. The molecule has 0 aliphatic rings. The van der Waals surface area contributed by atoms with Crippen LogP contribution in [0.5, 0.6) is 5.75 Å². The second-order valence-corrected chi connectivity index (χ2v) is 5.07. The summed E-state index contributed by atoms with van der Waals surface area (Å²) in [6.07, 6.45) is 0. The topological polar surface area (TPSA) is 64.3 Å². The van der Waals surface area contributed by atoms with Crippen LogP contribution < -0.4 is 15.8 Å². The minimum Gasteiger partial charge on any atom is -0.496 e. The summed E-state index contributed by atoms with van der Waals surface area (Å²) in [5.41, 5.74) is 9.05. The zero-order valence-corrected chi connectivity index (χ0v) is 12.5. The molecule has 0 radical (unpaired) electrons. The van der Waals surface area contributed by atoms with E-state index in [1.54, 1.807) is 13.2 Å². The highest BCUT2D eigenvalue weighted by molar-refractivity contribution is 5.95. The van der Waals surface area contributed by atoms with Gasteiger partial charge in [0.1, 0.15) is 5.75 Å². The van der Waals surface area contributed by atoms with Crippen molar-refractivity contribution in [2.24, 2.45) is 0 Å². The Morgan fingerprint density at radius 1 is 1.24 bits per heavy atom. The van der Waals surface area contributed by atoms with Crippen molar-refractivity contribution >= 4 is 17.3 Å². The highest BCUT2D eigenvalue weighted by Crippen LogP contribution is 2.23. The molecule has 110 valence electrons. The van der Waals surface area contributed by atoms with E-state index in [2.05, 4.69) is 5.32 Å². The van der Waals surface area contributed by atoms with Crippen LogP contribution in [0.3, 0.4) is 0 Å². The summed E-state index contributed by atoms with van der Waals surface area (Å²) < 4.78 is 5.21. The summed E-state index contributed by atoms with van der Waals surface area (Å²) in [5.74, 6) is 0.470. The summed E-state index contributed by atoms with van der Waals surface area (Å²) in [4.78, 5) is 12.3. The minimum atomic E-state index is -0.268. The number of rotatable bonds is 4. The van der Waals surface area contributed by atoms with Crippen LogP contribution in [-0.2, 0) is 4.79 Å². The van der Waals surface area contributed by atoms with Crippen LogP contribution in [0.15, 0.2) is 42.5 Å². The van der Waals surface area contributed by atoms with Crippen LogP contribution in [-0.4, -0.2) is 13.0 Å². The lowest BCUT2D eigenvalue weighted by molar-refractivity contribution is -0.117. The van der Waals surface area contributed by atoms with Gasteiger partial charge in [-0.05, 0) is 55.3 Å². The number of ether oxygens (including phenoxy) is 1. The number of benzene rings is 2. The number of amides is 1. The predicted octanol–water partition coefficient (Wildman–Crippen LogP) is 3.33. The Bertz CT molecular complexity index is 653. The molecule has 0 spiro atoms. The number of anilines is 2. The highest BCUT2D eigenvalue weighted by Gasteiger charge is 2.15. The van der Waals surface area contributed by atoms with E-state index in [1.165, 1.54) is 0 Å². The number of hydrogen-bond donors (Lipinski definition) is 2. The molecule has 2 rings (SSSR count). The first-order valence-electron chi connectivity index (χ1n) is 6.82. The summed E-state index contributed by atoms with van der Waals surface area (Å²) in [6.45, 7) is 3.80. The number of aryl methyl sites for hydroxylation is 1. The molecule has 2 aromatic rings. The van der Waals surface area contributed by atoms with Crippen molar-refractivity contribution in [2.45, 2.75) is 19.8 Å². The molecule has 0 saturated carbocycles. The van der Waals surface area contributed by atoms with Crippen molar-refractivity contribution in [2.75, 3.05) is 18.2 Å². The van der Waals surface area contributed by atoms with Gasteiger partial charge < -0.3 is 15.8 Å². The maximum absolute atomic E-state index is 12.3. The lowest BCUT2D eigenvalue weighted by Crippen LogP contribution is -2.19. The van der Waals surface area contributed by atoms with Crippen molar-refractivity contribution in [1.29, 1.82) is 0 Å². The van der Waals surface area contributed by atoms with Gasteiger partial charge in [-0.25, -0.2) is 0 Å². The second kappa shape index (κ2) is 6.31. The molecule has 0 saturated heterocycles. The Balaban J connectivity index is 2.12. The SMILES string of the molecule is COc1ccc(NC(=O)C(C)c2cccc(N)c2)cc1C. The monoisotopic (exact) mass is 284 g/mol. The Kier molecular flexibility index (Phi) is 4.48. The Morgan fingerprint density at radius 2 is 2.00 bits per heavy atom. The van der Waals surface area contributed by atoms with Gasteiger partial charge in [-0.15, -0.1) is 0 Å². The minimum absolute atomic E-state index is 0.0647. The molecular formula is C17H20N2O2. The highest BCUT2D eigenvalue weighted by atomic mass is 16.5. The first-order chi connectivity index (χ1) is 10.0. The summed E-state index contributed by atoms with van der Waals surface area (Å²) in [5, 5.41) is 2.92. The number of hydrogen-bond acceptors (Lipinski definition) is 3. The van der Waals surface area contributed by atoms with Crippen molar-refractivity contribution in [3.8, 4) is 5.75 Å². The van der Waals surface area contributed by atoms with Gasteiger partial charge in [-0.2, -0.15) is 0 Å². The first-order valence-corrected chi connectivity index (χ1v) is 6.82. The molecule has 0 aromatic heterocycles. The number of nitrogen functional groups attached to an aromatic ring is 1. The number of nitrogens with one attached hydrogen (secondary N) is 1. The fourth-order valence-electron chi connectivity index (χ4n) is 2.19. The molecule has 4 heteroatoms. The molecular weight excluding hydrogens is 264 g/mol. The standard InChI is InChI=1S/C17H20N2O2/c1-11-9-15(7-8-16(11)21-3)19-17(20)12(2)13-5-4-6-14(18)10-13/h4-10,12H,18H2,1-3H3,(H,19,20). The van der Waals surface area contributed by atoms with Gasteiger partial charge in [-0.3, -0.25) is 4.79 Å². The van der Waals surface area contributed by atoms with Gasteiger partial charge in [0, 0.05) is 11.4 Å².